The summed E-state index contributed by atoms with van der Waals surface area (Å²) in [6, 6.07) is 3.34. The van der Waals surface area contributed by atoms with Gasteiger partial charge in [-0.15, -0.1) is 0 Å². The van der Waals surface area contributed by atoms with E-state index in [4.69, 9.17) is 16.3 Å². The molecule has 0 bridgehead atoms. The van der Waals surface area contributed by atoms with E-state index in [1.807, 2.05) is 0 Å². The van der Waals surface area contributed by atoms with Crippen molar-refractivity contribution in [2.24, 2.45) is 5.92 Å². The minimum atomic E-state index is -0.446. The third kappa shape index (κ3) is 4.23. The molecule has 7 nitrogen and oxygen atoms in total. The molecule has 2 saturated heterocycles. The van der Waals surface area contributed by atoms with Crippen molar-refractivity contribution < 1.29 is 14.3 Å². The Balaban J connectivity index is 1.57. The Morgan fingerprint density at radius 1 is 1.42 bits per heavy atom. The van der Waals surface area contributed by atoms with Gasteiger partial charge in [-0.25, -0.2) is 4.98 Å². The Morgan fingerprint density at radius 3 is 3.00 bits per heavy atom. The molecule has 2 N–H and O–H groups in total. The third-order valence-electron chi connectivity index (χ3n) is 4.29. The van der Waals surface area contributed by atoms with Crippen LogP contribution >= 0.6 is 11.6 Å². The molecule has 0 aliphatic carbocycles. The lowest BCUT2D eigenvalue weighted by atomic mass is 9.96. The first-order chi connectivity index (χ1) is 11.6. The van der Waals surface area contributed by atoms with Crippen LogP contribution in [0.4, 0.5) is 5.82 Å². The predicted octanol–water partition coefficient (Wildman–Crippen LogP) is 0.900. The minimum Gasteiger partial charge on any atom is -0.366 e. The van der Waals surface area contributed by atoms with Crippen LogP contribution in [0.25, 0.3) is 0 Å². The van der Waals surface area contributed by atoms with Crippen LogP contribution in [0, 0.1) is 5.92 Å². The number of carbonyl (C=O) groups excluding carboxylic acids is 2. The molecule has 0 spiro atoms. The summed E-state index contributed by atoms with van der Waals surface area (Å²) in [4.78, 5) is 30.8. The Labute approximate surface area is 145 Å². The number of halogens is 1. The fourth-order valence-corrected chi connectivity index (χ4v) is 3.11. The second kappa shape index (κ2) is 7.92. The number of piperidine rings is 1. The highest BCUT2D eigenvalue weighted by Crippen LogP contribution is 2.20. The minimum absolute atomic E-state index is 0.0377. The monoisotopic (exact) mass is 352 g/mol. The molecule has 2 aliphatic heterocycles. The van der Waals surface area contributed by atoms with E-state index in [-0.39, 0.29) is 17.7 Å². The summed E-state index contributed by atoms with van der Waals surface area (Å²) in [6.45, 7) is 2.92. The molecule has 0 aromatic carbocycles. The van der Waals surface area contributed by atoms with Gasteiger partial charge < -0.3 is 20.3 Å². The second-order valence-electron chi connectivity index (χ2n) is 6.04. The highest BCUT2D eigenvalue weighted by Gasteiger charge is 2.33. The molecule has 8 heteroatoms. The quantitative estimate of drug-likeness (QED) is 0.844. The maximum Gasteiger partial charge on any atom is 0.253 e. The highest BCUT2D eigenvalue weighted by molar-refractivity contribution is 6.30. The number of hydrogen-bond acceptors (Lipinski definition) is 5. The van der Waals surface area contributed by atoms with Gasteiger partial charge in [-0.3, -0.25) is 9.59 Å². The maximum absolute atomic E-state index is 12.5. The van der Waals surface area contributed by atoms with Crippen LogP contribution in [0.1, 0.15) is 12.8 Å². The fourth-order valence-electron chi connectivity index (χ4n) is 3.00. The van der Waals surface area contributed by atoms with Crippen molar-refractivity contribution in [3.05, 3.63) is 23.4 Å². The summed E-state index contributed by atoms with van der Waals surface area (Å²) in [5.74, 6) is 0.0683. The number of morpholine rings is 1. The largest absolute Gasteiger partial charge is 0.366 e. The zero-order chi connectivity index (χ0) is 16.9. The Morgan fingerprint density at radius 2 is 2.29 bits per heavy atom. The van der Waals surface area contributed by atoms with Gasteiger partial charge in [0.05, 0.1) is 17.5 Å². The smallest absolute Gasteiger partial charge is 0.253 e. The Hall–Kier alpha value is -1.70. The molecule has 130 valence electrons. The molecule has 3 rings (SSSR count). The zero-order valence-electron chi connectivity index (χ0n) is 13.3. The summed E-state index contributed by atoms with van der Waals surface area (Å²) in [5.41, 5.74) is 0. The number of anilines is 1. The molecule has 2 fully saturated rings. The van der Waals surface area contributed by atoms with Crippen molar-refractivity contribution >= 4 is 29.2 Å². The van der Waals surface area contributed by atoms with Crippen LogP contribution < -0.4 is 10.6 Å². The average molecular weight is 353 g/mol. The lowest BCUT2D eigenvalue weighted by Crippen LogP contribution is -2.52. The number of rotatable bonds is 3. The van der Waals surface area contributed by atoms with Gasteiger partial charge in [-0.1, -0.05) is 11.6 Å². The lowest BCUT2D eigenvalue weighted by Gasteiger charge is -2.35. The number of nitrogens with zero attached hydrogens (tertiary/aromatic N) is 2. The van der Waals surface area contributed by atoms with E-state index in [0.717, 1.165) is 19.4 Å². The van der Waals surface area contributed by atoms with Gasteiger partial charge in [-0.2, -0.15) is 0 Å². The average Bonchev–Trinajstić information content (AvgIpc) is 2.64. The SMILES string of the molecule is O=C(Nc1ccc(Cl)cn1)C1CCCN(C(=O)C2CNCCO2)C1. The lowest BCUT2D eigenvalue weighted by molar-refractivity contribution is -0.147. The van der Waals surface area contributed by atoms with Crippen LogP contribution in [0.2, 0.25) is 5.02 Å². The molecular weight excluding hydrogens is 332 g/mol. The van der Waals surface area contributed by atoms with Crippen molar-refractivity contribution in [1.82, 2.24) is 15.2 Å². The molecular formula is C16H21ClN4O3. The van der Waals surface area contributed by atoms with E-state index in [1.54, 1.807) is 17.0 Å². The number of carbonyl (C=O) groups is 2. The molecule has 2 atom stereocenters. The Bertz CT molecular complexity index is 589. The van der Waals surface area contributed by atoms with Gasteiger partial charge in [0.1, 0.15) is 11.9 Å². The highest BCUT2D eigenvalue weighted by atomic mass is 35.5. The molecule has 0 radical (unpaired) electrons. The van der Waals surface area contributed by atoms with Crippen LogP contribution in [0.15, 0.2) is 18.3 Å². The summed E-state index contributed by atoms with van der Waals surface area (Å²) < 4.78 is 5.52. The summed E-state index contributed by atoms with van der Waals surface area (Å²) in [5, 5.41) is 6.46. The van der Waals surface area contributed by atoms with Crippen LogP contribution in [-0.4, -0.2) is 60.6 Å². The molecule has 2 unspecified atom stereocenters. The summed E-state index contributed by atoms with van der Waals surface area (Å²) >= 11 is 5.79. The Kier molecular flexibility index (Phi) is 5.65. The summed E-state index contributed by atoms with van der Waals surface area (Å²) in [6.07, 6.45) is 2.60. The van der Waals surface area contributed by atoms with Crippen molar-refractivity contribution in [1.29, 1.82) is 0 Å². The fraction of sp³-hybridized carbons (Fsp3) is 0.562. The first-order valence-electron chi connectivity index (χ1n) is 8.17. The van der Waals surface area contributed by atoms with Crippen LogP contribution in [0.5, 0.6) is 0 Å². The molecule has 2 amide bonds. The third-order valence-corrected chi connectivity index (χ3v) is 4.51. The van der Waals surface area contributed by atoms with Gasteiger partial charge in [0, 0.05) is 32.4 Å². The zero-order valence-corrected chi connectivity index (χ0v) is 14.1. The van der Waals surface area contributed by atoms with Crippen molar-refractivity contribution in [2.45, 2.75) is 18.9 Å². The molecule has 3 heterocycles. The molecule has 0 saturated carbocycles. The van der Waals surface area contributed by atoms with Gasteiger partial charge in [-0.05, 0) is 25.0 Å². The van der Waals surface area contributed by atoms with E-state index < -0.39 is 6.10 Å². The van der Waals surface area contributed by atoms with E-state index in [0.29, 0.717) is 37.1 Å². The van der Waals surface area contributed by atoms with Crippen LogP contribution in [0.3, 0.4) is 0 Å². The van der Waals surface area contributed by atoms with Gasteiger partial charge >= 0.3 is 0 Å². The normalized spacial score (nSPS) is 24.5. The predicted molar refractivity (Wildman–Crippen MR) is 89.8 cm³/mol. The van der Waals surface area contributed by atoms with Crippen molar-refractivity contribution in [2.75, 3.05) is 38.1 Å². The number of nitrogens with one attached hydrogen (secondary N) is 2. The van der Waals surface area contributed by atoms with Gasteiger partial charge in [0.25, 0.3) is 5.91 Å². The van der Waals surface area contributed by atoms with E-state index in [1.165, 1.54) is 6.20 Å². The standard InChI is InChI=1S/C16H21ClN4O3/c17-12-3-4-14(19-8-12)20-15(22)11-2-1-6-21(10-11)16(23)13-9-18-5-7-24-13/h3-4,8,11,13,18H,1-2,5-7,9-10H2,(H,19,20,22). The molecule has 24 heavy (non-hydrogen) atoms. The topological polar surface area (TPSA) is 83.6 Å². The molecule has 1 aromatic rings. The number of ether oxygens (including phenoxy) is 1. The van der Waals surface area contributed by atoms with Crippen molar-refractivity contribution in [3.8, 4) is 0 Å². The molecule has 2 aliphatic rings. The first-order valence-corrected chi connectivity index (χ1v) is 8.55. The van der Waals surface area contributed by atoms with Gasteiger partial charge in [0.2, 0.25) is 5.91 Å². The van der Waals surface area contributed by atoms with E-state index in [9.17, 15) is 9.59 Å². The number of hydrogen-bond donors (Lipinski definition) is 2. The van der Waals surface area contributed by atoms with Gasteiger partial charge in [0.15, 0.2) is 0 Å². The number of pyridine rings is 1. The number of likely N-dealkylation sites (tertiary alicyclic amines) is 1. The maximum atomic E-state index is 12.5. The number of aromatic nitrogens is 1. The number of amides is 2. The van der Waals surface area contributed by atoms with Crippen LogP contribution in [-0.2, 0) is 14.3 Å². The van der Waals surface area contributed by atoms with E-state index in [2.05, 4.69) is 15.6 Å². The first kappa shape index (κ1) is 17.1. The van der Waals surface area contributed by atoms with E-state index >= 15 is 0 Å². The summed E-state index contributed by atoms with van der Waals surface area (Å²) in [7, 11) is 0. The van der Waals surface area contributed by atoms with Crippen molar-refractivity contribution in [3.63, 3.8) is 0 Å². The second-order valence-corrected chi connectivity index (χ2v) is 6.47. The molecule has 1 aromatic heterocycles.